The molecule has 1 heterocycles. The van der Waals surface area contributed by atoms with Gasteiger partial charge in [0.25, 0.3) is 0 Å². The van der Waals surface area contributed by atoms with Crippen molar-refractivity contribution in [2.24, 2.45) is 0 Å². The lowest BCUT2D eigenvalue weighted by Crippen LogP contribution is -2.35. The Morgan fingerprint density at radius 1 is 1.19 bits per heavy atom. The monoisotopic (exact) mass is 290 g/mol. The second-order valence-electron chi connectivity index (χ2n) is 6.51. The molecule has 0 bridgehead atoms. The lowest BCUT2D eigenvalue weighted by Gasteiger charge is -2.12. The van der Waals surface area contributed by atoms with Gasteiger partial charge in [-0.3, -0.25) is 9.48 Å². The summed E-state index contributed by atoms with van der Waals surface area (Å²) in [6.45, 7) is 5.30. The molecule has 5 nitrogen and oxygen atoms in total. The Kier molecular flexibility index (Phi) is 4.29. The van der Waals surface area contributed by atoms with Gasteiger partial charge < -0.3 is 10.6 Å². The van der Waals surface area contributed by atoms with E-state index in [1.165, 1.54) is 31.2 Å². The smallest absolute Gasteiger partial charge is 0.241 e. The number of amides is 1. The first-order chi connectivity index (χ1) is 10.1. The minimum atomic E-state index is 0.0919. The highest BCUT2D eigenvalue weighted by atomic mass is 16.2. The molecule has 2 aliphatic carbocycles. The molecule has 2 aliphatic rings. The zero-order valence-electron chi connectivity index (χ0n) is 13.1. The van der Waals surface area contributed by atoms with E-state index in [0.29, 0.717) is 18.6 Å². The molecule has 0 unspecified atom stereocenters. The molecule has 0 spiro atoms. The van der Waals surface area contributed by atoms with E-state index in [9.17, 15) is 4.79 Å². The fraction of sp³-hybridized carbons (Fsp3) is 0.750. The van der Waals surface area contributed by atoms with Crippen molar-refractivity contribution in [1.82, 2.24) is 20.4 Å². The van der Waals surface area contributed by atoms with Gasteiger partial charge in [0.15, 0.2) is 0 Å². The van der Waals surface area contributed by atoms with E-state index >= 15 is 0 Å². The third-order valence-electron chi connectivity index (χ3n) is 4.69. The number of rotatable bonds is 6. The number of carbonyl (C=O) groups excluding carboxylic acids is 1. The molecule has 0 aromatic carbocycles. The maximum atomic E-state index is 12.1. The Hall–Kier alpha value is -1.36. The SMILES string of the molecule is Cc1nn(CC(=O)NC2CCCC2)c(C)c1CNC1CC1. The van der Waals surface area contributed by atoms with Gasteiger partial charge in [0.2, 0.25) is 5.91 Å². The molecule has 1 aromatic rings. The van der Waals surface area contributed by atoms with Crippen molar-refractivity contribution in [1.29, 1.82) is 0 Å². The maximum Gasteiger partial charge on any atom is 0.241 e. The predicted molar refractivity (Wildman–Crippen MR) is 82.0 cm³/mol. The summed E-state index contributed by atoms with van der Waals surface area (Å²) >= 11 is 0. The van der Waals surface area contributed by atoms with Crippen LogP contribution in [-0.2, 0) is 17.9 Å². The van der Waals surface area contributed by atoms with Crippen LogP contribution in [0.15, 0.2) is 0 Å². The van der Waals surface area contributed by atoms with Gasteiger partial charge in [-0.2, -0.15) is 5.10 Å². The van der Waals surface area contributed by atoms with Gasteiger partial charge in [0.05, 0.1) is 5.69 Å². The fourth-order valence-corrected chi connectivity index (χ4v) is 3.16. The maximum absolute atomic E-state index is 12.1. The van der Waals surface area contributed by atoms with Crippen molar-refractivity contribution in [3.05, 3.63) is 17.0 Å². The van der Waals surface area contributed by atoms with Crippen molar-refractivity contribution < 1.29 is 4.79 Å². The van der Waals surface area contributed by atoms with E-state index in [1.807, 2.05) is 11.6 Å². The number of nitrogens with zero attached hydrogens (tertiary/aromatic N) is 2. The number of hydrogen-bond donors (Lipinski definition) is 2. The van der Waals surface area contributed by atoms with Crippen molar-refractivity contribution in [2.45, 2.75) is 77.5 Å². The molecule has 0 saturated heterocycles. The minimum Gasteiger partial charge on any atom is -0.352 e. The summed E-state index contributed by atoms with van der Waals surface area (Å²) in [5.74, 6) is 0.0919. The third kappa shape index (κ3) is 3.64. The van der Waals surface area contributed by atoms with Crippen LogP contribution in [0.4, 0.5) is 0 Å². The molecule has 1 aromatic heterocycles. The first kappa shape index (κ1) is 14.6. The molecular weight excluding hydrogens is 264 g/mol. The second kappa shape index (κ2) is 6.18. The van der Waals surface area contributed by atoms with Gasteiger partial charge in [-0.1, -0.05) is 12.8 Å². The summed E-state index contributed by atoms with van der Waals surface area (Å²) in [7, 11) is 0. The van der Waals surface area contributed by atoms with Gasteiger partial charge in [-0.05, 0) is 39.5 Å². The average Bonchev–Trinajstić information content (AvgIpc) is 3.06. The Morgan fingerprint density at radius 3 is 2.57 bits per heavy atom. The quantitative estimate of drug-likeness (QED) is 0.840. The van der Waals surface area contributed by atoms with E-state index < -0.39 is 0 Å². The standard InChI is InChI=1S/C16H26N4O/c1-11-15(9-17-13-7-8-13)12(2)20(19-11)10-16(21)18-14-5-3-4-6-14/h13-14,17H,3-10H2,1-2H3,(H,18,21). The number of carbonyl (C=O) groups is 1. The molecule has 5 heteroatoms. The highest BCUT2D eigenvalue weighted by Gasteiger charge is 2.22. The van der Waals surface area contributed by atoms with Gasteiger partial charge in [-0.15, -0.1) is 0 Å². The Labute approximate surface area is 126 Å². The molecule has 0 radical (unpaired) electrons. The van der Waals surface area contributed by atoms with E-state index in [-0.39, 0.29) is 5.91 Å². The van der Waals surface area contributed by atoms with Crippen molar-refractivity contribution >= 4 is 5.91 Å². The van der Waals surface area contributed by atoms with Gasteiger partial charge in [0.1, 0.15) is 6.54 Å². The zero-order valence-corrected chi connectivity index (χ0v) is 13.1. The Bertz CT molecular complexity index is 513. The molecule has 3 rings (SSSR count). The molecule has 21 heavy (non-hydrogen) atoms. The second-order valence-corrected chi connectivity index (χ2v) is 6.51. The Balaban J connectivity index is 1.58. The Morgan fingerprint density at radius 2 is 1.90 bits per heavy atom. The first-order valence-corrected chi connectivity index (χ1v) is 8.19. The van der Waals surface area contributed by atoms with E-state index in [4.69, 9.17) is 0 Å². The molecular formula is C16H26N4O. The summed E-state index contributed by atoms with van der Waals surface area (Å²) in [6, 6.07) is 1.07. The highest BCUT2D eigenvalue weighted by molar-refractivity contribution is 5.76. The summed E-state index contributed by atoms with van der Waals surface area (Å²) in [6.07, 6.45) is 7.30. The average molecular weight is 290 g/mol. The van der Waals surface area contributed by atoms with Crippen molar-refractivity contribution in [2.75, 3.05) is 0 Å². The van der Waals surface area contributed by atoms with Gasteiger partial charge >= 0.3 is 0 Å². The summed E-state index contributed by atoms with van der Waals surface area (Å²) in [4.78, 5) is 12.1. The van der Waals surface area contributed by atoms with Gasteiger partial charge in [0, 0.05) is 29.9 Å². The third-order valence-corrected chi connectivity index (χ3v) is 4.69. The van der Waals surface area contributed by atoms with E-state index in [0.717, 1.165) is 30.8 Å². The van der Waals surface area contributed by atoms with Crippen molar-refractivity contribution in [3.63, 3.8) is 0 Å². The first-order valence-electron chi connectivity index (χ1n) is 8.19. The summed E-state index contributed by atoms with van der Waals surface area (Å²) in [5.41, 5.74) is 3.40. The van der Waals surface area contributed by atoms with Crippen LogP contribution in [0.2, 0.25) is 0 Å². The zero-order chi connectivity index (χ0) is 14.8. The van der Waals surface area contributed by atoms with Crippen LogP contribution in [0, 0.1) is 13.8 Å². The summed E-state index contributed by atoms with van der Waals surface area (Å²) < 4.78 is 1.85. The number of aryl methyl sites for hydroxylation is 1. The van der Waals surface area contributed by atoms with Crippen LogP contribution in [0.5, 0.6) is 0 Å². The normalized spacial score (nSPS) is 19.1. The number of hydrogen-bond acceptors (Lipinski definition) is 3. The number of nitrogens with one attached hydrogen (secondary N) is 2. The lowest BCUT2D eigenvalue weighted by atomic mass is 10.2. The van der Waals surface area contributed by atoms with Crippen LogP contribution in [0.25, 0.3) is 0 Å². The summed E-state index contributed by atoms with van der Waals surface area (Å²) in [5, 5.41) is 11.2. The molecule has 2 N–H and O–H groups in total. The molecule has 1 amide bonds. The largest absolute Gasteiger partial charge is 0.352 e. The van der Waals surface area contributed by atoms with E-state index in [1.54, 1.807) is 0 Å². The predicted octanol–water partition coefficient (Wildman–Crippen LogP) is 1.81. The fourth-order valence-electron chi connectivity index (χ4n) is 3.16. The van der Waals surface area contributed by atoms with Crippen LogP contribution < -0.4 is 10.6 Å². The van der Waals surface area contributed by atoms with Crippen molar-refractivity contribution in [3.8, 4) is 0 Å². The molecule has 2 fully saturated rings. The minimum absolute atomic E-state index is 0.0919. The molecule has 0 aliphatic heterocycles. The van der Waals surface area contributed by atoms with Crippen LogP contribution >= 0.6 is 0 Å². The van der Waals surface area contributed by atoms with Crippen LogP contribution in [0.3, 0.4) is 0 Å². The van der Waals surface area contributed by atoms with Gasteiger partial charge in [-0.25, -0.2) is 0 Å². The van der Waals surface area contributed by atoms with E-state index in [2.05, 4.69) is 22.7 Å². The lowest BCUT2D eigenvalue weighted by molar-refractivity contribution is -0.122. The topological polar surface area (TPSA) is 59.0 Å². The molecule has 0 atom stereocenters. The molecule has 2 saturated carbocycles. The van der Waals surface area contributed by atoms with Crippen LogP contribution in [0.1, 0.15) is 55.5 Å². The molecule has 116 valence electrons. The number of aromatic nitrogens is 2. The van der Waals surface area contributed by atoms with Crippen LogP contribution in [-0.4, -0.2) is 27.8 Å². The highest BCUT2D eigenvalue weighted by Crippen LogP contribution is 2.21.